The smallest absolute Gasteiger partial charge is 0.140 e. The summed E-state index contributed by atoms with van der Waals surface area (Å²) in [5.74, 6) is -0.221. The molecule has 3 rings (SSSR count). The van der Waals surface area contributed by atoms with Gasteiger partial charge in [-0.1, -0.05) is 18.2 Å². The average molecular weight is 278 g/mol. The Hall–Kier alpha value is -1.26. The molecule has 4 heteroatoms. The maximum Gasteiger partial charge on any atom is 0.140 e. The predicted molar refractivity (Wildman–Crippen MR) is 72.0 cm³/mol. The second-order valence-electron chi connectivity index (χ2n) is 5.76. The van der Waals surface area contributed by atoms with Crippen LogP contribution in [0.3, 0.4) is 0 Å². The van der Waals surface area contributed by atoms with Crippen LogP contribution in [0, 0.1) is 11.7 Å². The number of hydrogen-bond donors (Lipinski definition) is 0. The normalized spacial score (nSPS) is 29.8. The lowest BCUT2D eigenvalue weighted by Crippen LogP contribution is -2.42. The Bertz CT molecular complexity index is 494. The molecule has 2 saturated heterocycles. The summed E-state index contributed by atoms with van der Waals surface area (Å²) in [5, 5.41) is 0. The maximum absolute atomic E-state index is 13.6. The van der Waals surface area contributed by atoms with Crippen LogP contribution >= 0.6 is 0 Å². The number of carbonyl (C=O) groups is 1. The third-order valence-corrected chi connectivity index (χ3v) is 4.34. The van der Waals surface area contributed by atoms with Crippen LogP contribution in [0.5, 0.6) is 0 Å². The average Bonchev–Trinajstić information content (AvgIpc) is 2.89. The highest BCUT2D eigenvalue weighted by molar-refractivity contribution is 5.83. The van der Waals surface area contributed by atoms with Crippen molar-refractivity contribution in [2.45, 2.75) is 31.3 Å². The van der Waals surface area contributed by atoms with E-state index in [1.54, 1.807) is 18.2 Å². The first-order valence-electron chi connectivity index (χ1n) is 7.16. The fraction of sp³-hybridized carbons (Fsp3) is 0.562. The summed E-state index contributed by atoms with van der Waals surface area (Å²) in [4.78, 5) is 12.4. The lowest BCUT2D eigenvalue weighted by Gasteiger charge is -2.36. The Kier molecular flexibility index (Phi) is 3.85. The van der Waals surface area contributed by atoms with Gasteiger partial charge >= 0.3 is 0 Å². The van der Waals surface area contributed by atoms with Crippen LogP contribution in [0.4, 0.5) is 4.39 Å². The lowest BCUT2D eigenvalue weighted by atomic mass is 9.81. The van der Waals surface area contributed by atoms with Crippen molar-refractivity contribution in [3.63, 3.8) is 0 Å². The van der Waals surface area contributed by atoms with Crippen molar-refractivity contribution >= 4 is 5.78 Å². The van der Waals surface area contributed by atoms with Gasteiger partial charge in [0, 0.05) is 32.0 Å². The second kappa shape index (κ2) is 5.62. The van der Waals surface area contributed by atoms with Crippen molar-refractivity contribution in [3.8, 4) is 0 Å². The van der Waals surface area contributed by atoms with Gasteiger partial charge in [-0.15, -0.1) is 0 Å². The zero-order valence-corrected chi connectivity index (χ0v) is 11.4. The number of benzene rings is 1. The molecule has 2 aliphatic rings. The molecular formula is C16H19FO3. The second-order valence-corrected chi connectivity index (χ2v) is 5.76. The van der Waals surface area contributed by atoms with Gasteiger partial charge in [-0.05, 0) is 24.5 Å². The first kappa shape index (κ1) is 13.7. The van der Waals surface area contributed by atoms with Gasteiger partial charge in [0.2, 0.25) is 0 Å². The van der Waals surface area contributed by atoms with Gasteiger partial charge in [-0.25, -0.2) is 4.39 Å². The first-order chi connectivity index (χ1) is 9.69. The third kappa shape index (κ3) is 2.76. The molecule has 2 atom stereocenters. The predicted octanol–water partition coefficient (Wildman–Crippen LogP) is 2.52. The zero-order chi connectivity index (χ0) is 14.0. The molecule has 3 nitrogen and oxygen atoms in total. The van der Waals surface area contributed by atoms with Crippen molar-refractivity contribution in [1.82, 2.24) is 0 Å². The van der Waals surface area contributed by atoms with Crippen molar-refractivity contribution < 1.29 is 18.7 Å². The van der Waals surface area contributed by atoms with Crippen molar-refractivity contribution in [3.05, 3.63) is 35.6 Å². The van der Waals surface area contributed by atoms with E-state index in [2.05, 4.69) is 0 Å². The number of ether oxygens (including phenoxy) is 2. The van der Waals surface area contributed by atoms with E-state index in [-0.39, 0.29) is 29.5 Å². The van der Waals surface area contributed by atoms with Gasteiger partial charge in [0.05, 0.1) is 12.2 Å². The molecule has 0 amide bonds. The van der Waals surface area contributed by atoms with E-state index in [0.717, 1.165) is 12.8 Å². The monoisotopic (exact) mass is 278 g/mol. The topological polar surface area (TPSA) is 35.5 Å². The number of carbonyl (C=O) groups excluding carboxylic acids is 1. The Labute approximate surface area is 118 Å². The van der Waals surface area contributed by atoms with E-state index < -0.39 is 0 Å². The Balaban J connectivity index is 1.66. The highest BCUT2D eigenvalue weighted by Gasteiger charge is 2.42. The van der Waals surface area contributed by atoms with E-state index in [1.165, 1.54) is 6.07 Å². The van der Waals surface area contributed by atoms with Crippen LogP contribution in [-0.4, -0.2) is 31.2 Å². The van der Waals surface area contributed by atoms with Crippen LogP contribution < -0.4 is 0 Å². The molecule has 0 bridgehead atoms. The lowest BCUT2D eigenvalue weighted by molar-refractivity contribution is -0.136. The van der Waals surface area contributed by atoms with Gasteiger partial charge in [-0.3, -0.25) is 4.79 Å². The van der Waals surface area contributed by atoms with E-state index in [0.29, 0.717) is 31.8 Å². The molecule has 0 aliphatic carbocycles. The molecule has 2 unspecified atom stereocenters. The number of rotatable bonds is 3. The van der Waals surface area contributed by atoms with E-state index in [4.69, 9.17) is 9.47 Å². The van der Waals surface area contributed by atoms with E-state index in [9.17, 15) is 9.18 Å². The summed E-state index contributed by atoms with van der Waals surface area (Å²) in [6, 6.07) is 6.49. The molecule has 2 heterocycles. The maximum atomic E-state index is 13.6. The van der Waals surface area contributed by atoms with Gasteiger partial charge in [-0.2, -0.15) is 0 Å². The molecule has 2 fully saturated rings. The van der Waals surface area contributed by atoms with Crippen molar-refractivity contribution in [2.75, 3.05) is 19.8 Å². The summed E-state index contributed by atoms with van der Waals surface area (Å²) in [6.45, 7) is 1.88. The minimum absolute atomic E-state index is 0.0370. The largest absolute Gasteiger partial charge is 0.378 e. The molecule has 1 aromatic carbocycles. The number of halogens is 1. The molecule has 0 N–H and O–H groups in total. The van der Waals surface area contributed by atoms with Crippen molar-refractivity contribution in [1.29, 1.82) is 0 Å². The Morgan fingerprint density at radius 1 is 1.35 bits per heavy atom. The molecule has 0 saturated carbocycles. The highest BCUT2D eigenvalue weighted by atomic mass is 19.1. The van der Waals surface area contributed by atoms with Gasteiger partial charge in [0.15, 0.2) is 0 Å². The number of Topliss-reactive ketones (excluding diaryl/α,β-unsaturated/α-hetero) is 1. The van der Waals surface area contributed by atoms with Crippen LogP contribution in [0.25, 0.3) is 0 Å². The highest BCUT2D eigenvalue weighted by Crippen LogP contribution is 2.36. The number of ketones is 1. The summed E-state index contributed by atoms with van der Waals surface area (Å²) in [6.07, 6.45) is 2.47. The molecule has 1 aromatic rings. The Morgan fingerprint density at radius 3 is 2.95 bits per heavy atom. The molecular weight excluding hydrogens is 259 g/mol. The van der Waals surface area contributed by atoms with E-state index in [1.807, 2.05) is 0 Å². The third-order valence-electron chi connectivity index (χ3n) is 4.34. The minimum Gasteiger partial charge on any atom is -0.378 e. The fourth-order valence-corrected chi connectivity index (χ4v) is 3.14. The standard InChI is InChI=1S/C16H19FO3/c17-14-4-2-1-3-12(14)9-15(18)13-5-7-20-16(10-13)6-8-19-11-16/h1-4,13H,5-11H2. The van der Waals surface area contributed by atoms with Crippen LogP contribution in [0.2, 0.25) is 0 Å². The molecule has 108 valence electrons. The fourth-order valence-electron chi connectivity index (χ4n) is 3.14. The molecule has 20 heavy (non-hydrogen) atoms. The SMILES string of the molecule is O=C(Cc1ccccc1F)C1CCOC2(CCOC2)C1. The summed E-state index contributed by atoms with van der Waals surface area (Å²) < 4.78 is 24.9. The van der Waals surface area contributed by atoms with Crippen molar-refractivity contribution in [2.24, 2.45) is 5.92 Å². The summed E-state index contributed by atoms with van der Waals surface area (Å²) in [7, 11) is 0. The Morgan fingerprint density at radius 2 is 2.20 bits per heavy atom. The van der Waals surface area contributed by atoms with Crippen LogP contribution in [0.15, 0.2) is 24.3 Å². The van der Waals surface area contributed by atoms with Crippen LogP contribution in [-0.2, 0) is 20.7 Å². The minimum atomic E-state index is -0.299. The summed E-state index contributed by atoms with van der Waals surface area (Å²) in [5.41, 5.74) is 0.217. The molecule has 1 spiro atoms. The zero-order valence-electron chi connectivity index (χ0n) is 11.4. The van der Waals surface area contributed by atoms with Crippen LogP contribution in [0.1, 0.15) is 24.8 Å². The number of hydrogen-bond acceptors (Lipinski definition) is 3. The van der Waals surface area contributed by atoms with Gasteiger partial charge < -0.3 is 9.47 Å². The molecule has 2 aliphatic heterocycles. The van der Waals surface area contributed by atoms with E-state index >= 15 is 0 Å². The molecule has 0 aromatic heterocycles. The first-order valence-corrected chi connectivity index (χ1v) is 7.16. The summed E-state index contributed by atoms with van der Waals surface area (Å²) >= 11 is 0. The van der Waals surface area contributed by atoms with Gasteiger partial charge in [0.25, 0.3) is 0 Å². The quantitative estimate of drug-likeness (QED) is 0.852. The molecule has 0 radical (unpaired) electrons. The van der Waals surface area contributed by atoms with Gasteiger partial charge in [0.1, 0.15) is 11.6 Å².